The Hall–Kier alpha value is -6.19. The van der Waals surface area contributed by atoms with Gasteiger partial charge in [-0.1, -0.05) is 115 Å². The lowest BCUT2D eigenvalue weighted by Crippen LogP contribution is -1.86. The maximum absolute atomic E-state index is 6.56. The second-order valence-corrected chi connectivity index (χ2v) is 11.7. The largest absolute Gasteiger partial charge is 0.436 e. The Morgan fingerprint density at radius 2 is 0.978 bits per heavy atom. The fourth-order valence-electron chi connectivity index (χ4n) is 6.50. The summed E-state index contributed by atoms with van der Waals surface area (Å²) in [6.07, 6.45) is 0. The van der Waals surface area contributed by atoms with Gasteiger partial charge in [0.25, 0.3) is 0 Å². The zero-order chi connectivity index (χ0) is 30.5. The molecule has 3 nitrogen and oxygen atoms in total. The van der Waals surface area contributed by atoms with Gasteiger partial charge >= 0.3 is 0 Å². The third-order valence-corrected chi connectivity index (χ3v) is 8.85. The van der Waals surface area contributed by atoms with Crippen LogP contribution in [0.3, 0.4) is 0 Å². The number of oxazole rings is 1. The number of nitrogens with zero attached hydrogens (tertiary/aromatic N) is 1. The predicted molar refractivity (Wildman–Crippen MR) is 191 cm³/mol. The molecule has 0 atom stereocenters. The molecular weight excluding hydrogens is 560 g/mol. The lowest BCUT2D eigenvalue weighted by molar-refractivity contribution is 0.620. The second-order valence-electron chi connectivity index (χ2n) is 11.7. The lowest BCUT2D eigenvalue weighted by atomic mass is 9.95. The number of hydrogen-bond acceptors (Lipinski definition) is 2. The molecule has 216 valence electrons. The van der Waals surface area contributed by atoms with Gasteiger partial charge in [-0.25, -0.2) is 4.98 Å². The van der Waals surface area contributed by atoms with Gasteiger partial charge < -0.3 is 9.40 Å². The van der Waals surface area contributed by atoms with Gasteiger partial charge in [0, 0.05) is 32.9 Å². The SMILES string of the molecule is c1ccc(-c2ccc(-c3nc4c(-c5ccc6[nH]c7ccccc7c6c5)cc(-c5cccc(-c6ccccc6)c5)cc4o3)cc2)cc1. The molecule has 9 aromatic rings. The number of rotatable bonds is 5. The van der Waals surface area contributed by atoms with E-state index in [1.54, 1.807) is 0 Å². The standard InChI is InChI=1S/C43H28N2O/c1-3-10-28(11-4-1)30-18-20-31(21-19-30)43-45-42-37(34-22-23-40-38(25-34)36-16-7-8-17-39(36)44-40)26-35(27-41(42)46-43)33-15-9-14-32(24-33)29-12-5-2-6-13-29/h1-27,44H. The normalized spacial score (nSPS) is 11.5. The Morgan fingerprint density at radius 1 is 0.391 bits per heavy atom. The van der Waals surface area contributed by atoms with Gasteiger partial charge in [-0.05, 0) is 87.5 Å². The van der Waals surface area contributed by atoms with E-state index in [0.29, 0.717) is 5.89 Å². The molecule has 0 bridgehead atoms. The molecule has 0 spiro atoms. The van der Waals surface area contributed by atoms with E-state index < -0.39 is 0 Å². The minimum Gasteiger partial charge on any atom is -0.436 e. The predicted octanol–water partition coefficient (Wildman–Crippen LogP) is 11.8. The summed E-state index contributed by atoms with van der Waals surface area (Å²) in [5, 5.41) is 2.40. The fraction of sp³-hybridized carbons (Fsp3) is 0. The van der Waals surface area contributed by atoms with Gasteiger partial charge in [-0.15, -0.1) is 0 Å². The summed E-state index contributed by atoms with van der Waals surface area (Å²) in [7, 11) is 0. The fourth-order valence-corrected chi connectivity index (χ4v) is 6.50. The van der Waals surface area contributed by atoms with Crippen LogP contribution in [0.25, 0.3) is 88.9 Å². The first kappa shape index (κ1) is 26.2. The number of hydrogen-bond donors (Lipinski definition) is 1. The summed E-state index contributed by atoms with van der Waals surface area (Å²) in [5.74, 6) is 0.610. The molecule has 2 heterocycles. The summed E-state index contributed by atoms with van der Waals surface area (Å²) in [6, 6.07) is 57.5. The molecule has 0 saturated carbocycles. The van der Waals surface area contributed by atoms with E-state index >= 15 is 0 Å². The van der Waals surface area contributed by atoms with Gasteiger partial charge in [0.15, 0.2) is 5.58 Å². The molecule has 1 N–H and O–H groups in total. The number of benzene rings is 7. The minimum atomic E-state index is 0.610. The van der Waals surface area contributed by atoms with Gasteiger partial charge in [-0.2, -0.15) is 0 Å². The van der Waals surface area contributed by atoms with E-state index in [-0.39, 0.29) is 0 Å². The molecule has 7 aromatic carbocycles. The summed E-state index contributed by atoms with van der Waals surface area (Å²) in [5.41, 5.74) is 13.9. The van der Waals surface area contributed by atoms with Crippen LogP contribution < -0.4 is 0 Å². The number of aromatic nitrogens is 2. The average Bonchev–Trinajstić information content (AvgIpc) is 3.74. The van der Waals surface area contributed by atoms with E-state index in [9.17, 15) is 0 Å². The maximum Gasteiger partial charge on any atom is 0.227 e. The van der Waals surface area contributed by atoms with E-state index in [2.05, 4.69) is 163 Å². The quantitative estimate of drug-likeness (QED) is 0.217. The molecule has 3 heteroatoms. The summed E-state index contributed by atoms with van der Waals surface area (Å²) in [4.78, 5) is 8.68. The molecule has 0 radical (unpaired) electrons. The zero-order valence-corrected chi connectivity index (χ0v) is 24.9. The van der Waals surface area contributed by atoms with Gasteiger partial charge in [0.05, 0.1) is 0 Å². The highest BCUT2D eigenvalue weighted by Gasteiger charge is 2.17. The third kappa shape index (κ3) is 4.58. The molecular formula is C43H28N2O. The molecule has 46 heavy (non-hydrogen) atoms. The van der Waals surface area contributed by atoms with Crippen LogP contribution in [0.2, 0.25) is 0 Å². The summed E-state index contributed by atoms with van der Waals surface area (Å²) in [6.45, 7) is 0. The van der Waals surface area contributed by atoms with Crippen molar-refractivity contribution in [2.24, 2.45) is 0 Å². The summed E-state index contributed by atoms with van der Waals surface area (Å²) >= 11 is 0. The second kappa shape index (κ2) is 10.8. The topological polar surface area (TPSA) is 41.8 Å². The van der Waals surface area contributed by atoms with Crippen molar-refractivity contribution >= 4 is 32.9 Å². The smallest absolute Gasteiger partial charge is 0.227 e. The van der Waals surface area contributed by atoms with Crippen LogP contribution in [-0.2, 0) is 0 Å². The zero-order valence-electron chi connectivity index (χ0n) is 24.9. The van der Waals surface area contributed by atoms with Crippen molar-refractivity contribution in [2.45, 2.75) is 0 Å². The number of para-hydroxylation sites is 1. The van der Waals surface area contributed by atoms with Crippen LogP contribution in [-0.4, -0.2) is 9.97 Å². The molecule has 9 rings (SSSR count). The van der Waals surface area contributed by atoms with Crippen molar-refractivity contribution in [2.75, 3.05) is 0 Å². The number of fused-ring (bicyclic) bond motifs is 4. The van der Waals surface area contributed by atoms with Crippen LogP contribution >= 0.6 is 0 Å². The number of nitrogens with one attached hydrogen (secondary N) is 1. The van der Waals surface area contributed by atoms with Crippen molar-refractivity contribution in [3.63, 3.8) is 0 Å². The Morgan fingerprint density at radius 3 is 1.76 bits per heavy atom. The van der Waals surface area contributed by atoms with Crippen LogP contribution in [0.5, 0.6) is 0 Å². The molecule has 0 saturated heterocycles. The monoisotopic (exact) mass is 588 g/mol. The lowest BCUT2D eigenvalue weighted by Gasteiger charge is -2.09. The Kier molecular flexibility index (Phi) is 6.14. The van der Waals surface area contributed by atoms with E-state index in [1.807, 2.05) is 6.07 Å². The van der Waals surface area contributed by atoms with Crippen LogP contribution in [0.15, 0.2) is 168 Å². The highest BCUT2D eigenvalue weighted by molar-refractivity contribution is 6.09. The maximum atomic E-state index is 6.56. The van der Waals surface area contributed by atoms with Gasteiger partial charge in [0.2, 0.25) is 5.89 Å². The van der Waals surface area contributed by atoms with E-state index in [0.717, 1.165) is 55.5 Å². The van der Waals surface area contributed by atoms with Crippen LogP contribution in [0, 0.1) is 0 Å². The third-order valence-electron chi connectivity index (χ3n) is 8.85. The van der Waals surface area contributed by atoms with E-state index in [4.69, 9.17) is 9.40 Å². The Labute approximate surface area is 266 Å². The van der Waals surface area contributed by atoms with Gasteiger partial charge in [-0.3, -0.25) is 0 Å². The number of aromatic amines is 1. The molecule has 0 aliphatic carbocycles. The van der Waals surface area contributed by atoms with Crippen molar-refractivity contribution in [3.05, 3.63) is 164 Å². The minimum absolute atomic E-state index is 0.610. The van der Waals surface area contributed by atoms with Gasteiger partial charge in [0.1, 0.15) is 5.52 Å². The molecule has 0 aliphatic rings. The Bertz CT molecular complexity index is 2510. The first-order valence-electron chi connectivity index (χ1n) is 15.5. The molecule has 2 aromatic heterocycles. The van der Waals surface area contributed by atoms with Crippen molar-refractivity contribution in [1.82, 2.24) is 9.97 Å². The molecule has 0 unspecified atom stereocenters. The van der Waals surface area contributed by atoms with Crippen LogP contribution in [0.1, 0.15) is 0 Å². The summed E-state index contributed by atoms with van der Waals surface area (Å²) < 4.78 is 6.56. The first-order valence-corrected chi connectivity index (χ1v) is 15.5. The van der Waals surface area contributed by atoms with Crippen molar-refractivity contribution < 1.29 is 4.42 Å². The highest BCUT2D eigenvalue weighted by Crippen LogP contribution is 2.39. The highest BCUT2D eigenvalue weighted by atomic mass is 16.3. The Balaban J connectivity index is 1.22. The molecule has 0 fully saturated rings. The molecule has 0 aliphatic heterocycles. The average molecular weight is 589 g/mol. The van der Waals surface area contributed by atoms with E-state index in [1.165, 1.54) is 27.5 Å². The van der Waals surface area contributed by atoms with Crippen molar-refractivity contribution in [3.8, 4) is 56.0 Å². The van der Waals surface area contributed by atoms with Crippen molar-refractivity contribution in [1.29, 1.82) is 0 Å². The van der Waals surface area contributed by atoms with Crippen LogP contribution in [0.4, 0.5) is 0 Å². The molecule has 0 amide bonds. The first-order chi connectivity index (χ1) is 22.8. The number of H-pyrrole nitrogens is 1.